The second-order valence-corrected chi connectivity index (χ2v) is 10.0. The van der Waals surface area contributed by atoms with Gasteiger partial charge in [-0.2, -0.15) is 0 Å². The van der Waals surface area contributed by atoms with Gasteiger partial charge in [-0.1, -0.05) is 86.6 Å². The van der Waals surface area contributed by atoms with Gasteiger partial charge in [0.05, 0.1) is 11.6 Å². The minimum absolute atomic E-state index is 0.0331. The molecule has 0 aliphatic carbocycles. The molecule has 0 spiro atoms. The fraction of sp³-hybridized carbons (Fsp3) is 0.355. The van der Waals surface area contributed by atoms with E-state index in [0.717, 1.165) is 13.1 Å². The van der Waals surface area contributed by atoms with Crippen molar-refractivity contribution in [1.82, 2.24) is 14.7 Å². The molecule has 0 atom stereocenters. The Hall–Kier alpha value is -3.51. The van der Waals surface area contributed by atoms with Crippen LogP contribution in [0.1, 0.15) is 47.8 Å². The van der Waals surface area contributed by atoms with Crippen molar-refractivity contribution in [1.29, 1.82) is 0 Å². The van der Waals surface area contributed by atoms with E-state index in [2.05, 4.69) is 53.4 Å². The average Bonchev–Trinajstić information content (AvgIpc) is 2.92. The number of piperazine rings is 1. The fourth-order valence-corrected chi connectivity index (χ4v) is 5.02. The molecule has 0 N–H and O–H groups in total. The van der Waals surface area contributed by atoms with Crippen molar-refractivity contribution in [2.24, 2.45) is 5.92 Å². The first-order chi connectivity index (χ1) is 17.9. The SMILES string of the molecule is CC(C)CN(CCC(=O)N1CCN(C(c2ccccc2)c2ccccc2)CC1)C(=O)c1ccccc1F. The summed E-state index contributed by atoms with van der Waals surface area (Å²) in [6.07, 6.45) is 0.230. The Morgan fingerprint density at radius 3 is 1.89 bits per heavy atom. The van der Waals surface area contributed by atoms with Gasteiger partial charge in [-0.3, -0.25) is 14.5 Å². The lowest BCUT2D eigenvalue weighted by molar-refractivity contribution is -0.133. The molecule has 5 nitrogen and oxygen atoms in total. The normalized spacial score (nSPS) is 14.2. The van der Waals surface area contributed by atoms with Crippen LogP contribution in [0, 0.1) is 11.7 Å². The summed E-state index contributed by atoms with van der Waals surface area (Å²) in [4.78, 5) is 32.1. The van der Waals surface area contributed by atoms with Crippen LogP contribution >= 0.6 is 0 Å². The number of amides is 2. The summed E-state index contributed by atoms with van der Waals surface area (Å²) >= 11 is 0. The lowest BCUT2D eigenvalue weighted by Gasteiger charge is -2.40. The highest BCUT2D eigenvalue weighted by Crippen LogP contribution is 2.29. The third-order valence-electron chi connectivity index (χ3n) is 6.84. The van der Waals surface area contributed by atoms with Crippen LogP contribution in [-0.2, 0) is 4.79 Å². The molecule has 1 aliphatic heterocycles. The number of benzene rings is 3. The molecule has 6 heteroatoms. The van der Waals surface area contributed by atoms with Crippen molar-refractivity contribution in [3.8, 4) is 0 Å². The Kier molecular flexibility index (Phi) is 9.07. The van der Waals surface area contributed by atoms with E-state index in [-0.39, 0.29) is 42.3 Å². The summed E-state index contributed by atoms with van der Waals surface area (Å²) in [5.41, 5.74) is 2.53. The number of rotatable bonds is 9. The molecule has 4 rings (SSSR count). The number of hydrogen-bond donors (Lipinski definition) is 0. The van der Waals surface area contributed by atoms with Crippen LogP contribution in [0.4, 0.5) is 4.39 Å². The first-order valence-electron chi connectivity index (χ1n) is 13.1. The van der Waals surface area contributed by atoms with Crippen molar-refractivity contribution < 1.29 is 14.0 Å². The van der Waals surface area contributed by atoms with Crippen LogP contribution in [-0.4, -0.2) is 65.8 Å². The summed E-state index contributed by atoms with van der Waals surface area (Å²) < 4.78 is 14.2. The van der Waals surface area contributed by atoms with Gasteiger partial charge in [0.15, 0.2) is 0 Å². The Labute approximate surface area is 219 Å². The van der Waals surface area contributed by atoms with E-state index in [9.17, 15) is 14.0 Å². The highest BCUT2D eigenvalue weighted by Gasteiger charge is 2.29. The smallest absolute Gasteiger partial charge is 0.256 e. The van der Waals surface area contributed by atoms with Crippen molar-refractivity contribution in [2.45, 2.75) is 26.3 Å². The zero-order valence-electron chi connectivity index (χ0n) is 21.7. The number of halogens is 1. The quantitative estimate of drug-likeness (QED) is 0.402. The molecular formula is C31H36FN3O2. The zero-order chi connectivity index (χ0) is 26.2. The molecule has 1 aliphatic rings. The molecule has 1 heterocycles. The van der Waals surface area contributed by atoms with Crippen LogP contribution in [0.3, 0.4) is 0 Å². The molecule has 194 valence electrons. The van der Waals surface area contributed by atoms with E-state index in [0.29, 0.717) is 19.6 Å². The lowest BCUT2D eigenvalue weighted by atomic mass is 9.96. The molecular weight excluding hydrogens is 465 g/mol. The topological polar surface area (TPSA) is 43.9 Å². The molecule has 0 aromatic heterocycles. The maximum atomic E-state index is 14.2. The van der Waals surface area contributed by atoms with Crippen molar-refractivity contribution in [3.63, 3.8) is 0 Å². The van der Waals surface area contributed by atoms with E-state index in [4.69, 9.17) is 0 Å². The van der Waals surface area contributed by atoms with Gasteiger partial charge in [0.1, 0.15) is 5.82 Å². The first kappa shape index (κ1) is 26.6. The summed E-state index contributed by atoms with van der Waals surface area (Å²) in [6, 6.07) is 27.1. The summed E-state index contributed by atoms with van der Waals surface area (Å²) in [5.74, 6) is -0.652. The maximum absolute atomic E-state index is 14.2. The van der Waals surface area contributed by atoms with Crippen molar-refractivity contribution >= 4 is 11.8 Å². The van der Waals surface area contributed by atoms with Gasteiger partial charge in [0.2, 0.25) is 5.91 Å². The Morgan fingerprint density at radius 2 is 1.35 bits per heavy atom. The van der Waals surface area contributed by atoms with E-state index in [1.165, 1.54) is 23.3 Å². The molecule has 0 saturated carbocycles. The Morgan fingerprint density at radius 1 is 0.811 bits per heavy atom. The van der Waals surface area contributed by atoms with Gasteiger partial charge in [0, 0.05) is 45.7 Å². The molecule has 37 heavy (non-hydrogen) atoms. The van der Waals surface area contributed by atoms with Gasteiger partial charge in [-0.25, -0.2) is 4.39 Å². The highest BCUT2D eigenvalue weighted by atomic mass is 19.1. The fourth-order valence-electron chi connectivity index (χ4n) is 5.02. The number of carbonyl (C=O) groups excluding carboxylic acids is 2. The summed E-state index contributed by atoms with van der Waals surface area (Å²) in [5, 5.41) is 0. The van der Waals surface area contributed by atoms with Crippen LogP contribution < -0.4 is 0 Å². The minimum atomic E-state index is -0.532. The van der Waals surface area contributed by atoms with E-state index < -0.39 is 5.82 Å². The molecule has 0 radical (unpaired) electrons. The molecule has 3 aromatic carbocycles. The van der Waals surface area contributed by atoms with Gasteiger partial charge in [-0.15, -0.1) is 0 Å². The van der Waals surface area contributed by atoms with Crippen LogP contribution in [0.2, 0.25) is 0 Å². The minimum Gasteiger partial charge on any atom is -0.340 e. The largest absolute Gasteiger partial charge is 0.340 e. The molecule has 3 aromatic rings. The second kappa shape index (κ2) is 12.6. The van der Waals surface area contributed by atoms with Gasteiger partial charge in [0.25, 0.3) is 5.91 Å². The van der Waals surface area contributed by atoms with Gasteiger partial charge in [-0.05, 0) is 29.2 Å². The summed E-state index contributed by atoms with van der Waals surface area (Å²) in [7, 11) is 0. The van der Waals surface area contributed by atoms with E-state index >= 15 is 0 Å². The molecule has 2 amide bonds. The number of hydrogen-bond acceptors (Lipinski definition) is 3. The predicted octanol–water partition coefficient (Wildman–Crippen LogP) is 5.25. The standard InChI is InChI=1S/C31H36FN3O2/c1-24(2)23-35(31(37)27-15-9-10-16-28(27)32)18-17-29(36)33-19-21-34(22-20-33)30(25-11-5-3-6-12-25)26-13-7-4-8-14-26/h3-16,24,30H,17-23H2,1-2H3. The van der Waals surface area contributed by atoms with Crippen molar-refractivity contribution in [3.05, 3.63) is 107 Å². The van der Waals surface area contributed by atoms with Crippen LogP contribution in [0.25, 0.3) is 0 Å². The zero-order valence-corrected chi connectivity index (χ0v) is 21.7. The van der Waals surface area contributed by atoms with Crippen LogP contribution in [0.5, 0.6) is 0 Å². The van der Waals surface area contributed by atoms with Crippen molar-refractivity contribution in [2.75, 3.05) is 39.3 Å². The van der Waals surface area contributed by atoms with Gasteiger partial charge >= 0.3 is 0 Å². The molecule has 1 fully saturated rings. The van der Waals surface area contributed by atoms with Crippen LogP contribution in [0.15, 0.2) is 84.9 Å². The molecule has 0 bridgehead atoms. The number of carbonyl (C=O) groups is 2. The average molecular weight is 502 g/mol. The van der Waals surface area contributed by atoms with E-state index in [1.54, 1.807) is 17.0 Å². The third kappa shape index (κ3) is 6.83. The second-order valence-electron chi connectivity index (χ2n) is 10.0. The molecule has 0 unspecified atom stereocenters. The summed E-state index contributed by atoms with van der Waals surface area (Å²) in [6.45, 7) is 7.59. The lowest BCUT2D eigenvalue weighted by Crippen LogP contribution is -2.50. The maximum Gasteiger partial charge on any atom is 0.256 e. The first-order valence-corrected chi connectivity index (χ1v) is 13.1. The number of nitrogens with zero attached hydrogens (tertiary/aromatic N) is 3. The Balaban J connectivity index is 1.38. The Bertz CT molecular complexity index is 1120. The highest BCUT2D eigenvalue weighted by molar-refractivity contribution is 5.94. The van der Waals surface area contributed by atoms with E-state index in [1.807, 2.05) is 30.9 Å². The molecule has 1 saturated heterocycles. The van der Waals surface area contributed by atoms with Gasteiger partial charge < -0.3 is 9.80 Å². The third-order valence-corrected chi connectivity index (χ3v) is 6.84. The monoisotopic (exact) mass is 501 g/mol. The predicted molar refractivity (Wildman–Crippen MR) is 145 cm³/mol.